The van der Waals surface area contributed by atoms with Gasteiger partial charge >= 0.3 is 0 Å². The van der Waals surface area contributed by atoms with Gasteiger partial charge in [-0.25, -0.2) is 0 Å². The highest BCUT2D eigenvalue weighted by Gasteiger charge is 1.95. The Morgan fingerprint density at radius 1 is 1.09 bits per heavy atom. The Bertz CT molecular complexity index is 228. The van der Waals surface area contributed by atoms with E-state index < -0.39 is 0 Å². The number of rotatable bonds is 2. The fourth-order valence-electron chi connectivity index (χ4n) is 1.04. The van der Waals surface area contributed by atoms with E-state index in [1.54, 1.807) is 0 Å². The van der Waals surface area contributed by atoms with E-state index in [-0.39, 0.29) is 0 Å². The van der Waals surface area contributed by atoms with Crippen LogP contribution in [0.5, 0.6) is 0 Å². The zero-order chi connectivity index (χ0) is 8.27. The van der Waals surface area contributed by atoms with Crippen LogP contribution in [0.25, 0.3) is 0 Å². The molecular formula is C8H10I2Si. The Kier molecular flexibility index (Phi) is 4.36. The van der Waals surface area contributed by atoms with Crippen LogP contribution in [-0.4, -0.2) is 10.2 Å². The molecule has 0 aliphatic heterocycles. The van der Waals surface area contributed by atoms with E-state index in [1.165, 1.54) is 35.4 Å². The molecule has 0 aliphatic rings. The Balaban J connectivity index is 2.89. The molecular weight excluding hydrogens is 378 g/mol. The predicted molar refractivity (Wildman–Crippen MR) is 70.3 cm³/mol. The van der Waals surface area contributed by atoms with Gasteiger partial charge < -0.3 is 0 Å². The Labute approximate surface area is 97.9 Å². The minimum absolute atomic E-state index is 1.26. The number of hydrogen-bond acceptors (Lipinski definition) is 0. The van der Waals surface area contributed by atoms with E-state index in [0.29, 0.717) is 0 Å². The van der Waals surface area contributed by atoms with Crippen molar-refractivity contribution in [3.8, 4) is 0 Å². The summed E-state index contributed by atoms with van der Waals surface area (Å²) in [7, 11) is 1.31. The SMILES string of the molecule is [SiH3]CCc1cc(I)cc(I)c1. The zero-order valence-electron chi connectivity index (χ0n) is 6.40. The Hall–Kier alpha value is 0.897. The van der Waals surface area contributed by atoms with Gasteiger partial charge in [0.1, 0.15) is 0 Å². The third kappa shape index (κ3) is 3.41. The normalized spacial score (nSPS) is 10.4. The van der Waals surface area contributed by atoms with Gasteiger partial charge in [-0.05, 0) is 75.4 Å². The second kappa shape index (κ2) is 4.81. The molecule has 0 bridgehead atoms. The quantitative estimate of drug-likeness (QED) is 0.539. The largest absolute Gasteiger partial charge is 0.0619 e. The van der Waals surface area contributed by atoms with Crippen molar-refractivity contribution in [3.63, 3.8) is 0 Å². The van der Waals surface area contributed by atoms with Gasteiger partial charge in [-0.1, -0.05) is 6.04 Å². The van der Waals surface area contributed by atoms with Crippen LogP contribution in [-0.2, 0) is 6.42 Å². The summed E-state index contributed by atoms with van der Waals surface area (Å²) >= 11 is 4.75. The fraction of sp³-hybridized carbons (Fsp3) is 0.250. The molecule has 3 heteroatoms. The third-order valence-corrected chi connectivity index (χ3v) is 3.21. The standard InChI is InChI=1S/C8H10I2Si/c9-7-3-6(1-2-11)4-8(10)5-7/h3-5H,1-2H2,11H3. The number of aryl methyl sites for hydroxylation is 1. The van der Waals surface area contributed by atoms with Crippen molar-refractivity contribution in [2.75, 3.05) is 0 Å². The summed E-state index contributed by atoms with van der Waals surface area (Å²) < 4.78 is 2.72. The van der Waals surface area contributed by atoms with Crippen LogP contribution in [0.4, 0.5) is 0 Å². The summed E-state index contributed by atoms with van der Waals surface area (Å²) in [6.45, 7) is 0. The maximum absolute atomic E-state index is 2.38. The molecule has 11 heavy (non-hydrogen) atoms. The number of hydrogen-bond donors (Lipinski definition) is 0. The zero-order valence-corrected chi connectivity index (χ0v) is 12.7. The van der Waals surface area contributed by atoms with Crippen LogP contribution in [0.3, 0.4) is 0 Å². The molecule has 1 rings (SSSR count). The van der Waals surface area contributed by atoms with Gasteiger partial charge in [0.2, 0.25) is 0 Å². The van der Waals surface area contributed by atoms with Crippen molar-refractivity contribution >= 4 is 55.4 Å². The van der Waals surface area contributed by atoms with Crippen molar-refractivity contribution in [3.05, 3.63) is 30.9 Å². The molecule has 0 N–H and O–H groups in total. The summed E-state index contributed by atoms with van der Waals surface area (Å²) in [5.74, 6) is 0. The predicted octanol–water partition coefficient (Wildman–Crippen LogP) is 2.22. The van der Waals surface area contributed by atoms with Crippen molar-refractivity contribution in [2.45, 2.75) is 12.5 Å². The maximum atomic E-state index is 2.38. The molecule has 0 unspecified atom stereocenters. The van der Waals surface area contributed by atoms with Crippen LogP contribution in [0.15, 0.2) is 18.2 Å². The van der Waals surface area contributed by atoms with Crippen molar-refractivity contribution in [1.29, 1.82) is 0 Å². The first-order chi connectivity index (χ1) is 5.22. The van der Waals surface area contributed by atoms with Gasteiger partial charge in [0.15, 0.2) is 0 Å². The highest BCUT2D eigenvalue weighted by Crippen LogP contribution is 2.15. The van der Waals surface area contributed by atoms with E-state index in [2.05, 4.69) is 63.4 Å². The molecule has 1 aromatic carbocycles. The third-order valence-electron chi connectivity index (χ3n) is 1.46. The second-order valence-corrected chi connectivity index (χ2v) is 6.02. The average molecular weight is 388 g/mol. The van der Waals surface area contributed by atoms with E-state index >= 15 is 0 Å². The molecule has 0 amide bonds. The molecule has 1 aromatic rings. The van der Waals surface area contributed by atoms with Gasteiger partial charge in [0.05, 0.1) is 0 Å². The molecule has 0 fully saturated rings. The van der Waals surface area contributed by atoms with Crippen LogP contribution in [0, 0.1) is 7.14 Å². The molecule has 0 atom stereocenters. The van der Waals surface area contributed by atoms with E-state index in [1.807, 2.05) is 0 Å². The molecule has 0 aromatic heterocycles. The van der Waals surface area contributed by atoms with Gasteiger partial charge in [-0.2, -0.15) is 0 Å². The van der Waals surface area contributed by atoms with Gasteiger partial charge in [-0.15, -0.1) is 0 Å². The lowest BCUT2D eigenvalue weighted by atomic mass is 10.2. The van der Waals surface area contributed by atoms with Crippen molar-refractivity contribution in [2.24, 2.45) is 0 Å². The molecule has 0 aliphatic carbocycles. The first-order valence-electron chi connectivity index (χ1n) is 3.67. The molecule has 0 nitrogen and oxygen atoms in total. The Morgan fingerprint density at radius 3 is 2.09 bits per heavy atom. The minimum atomic E-state index is 1.26. The monoisotopic (exact) mass is 388 g/mol. The maximum Gasteiger partial charge on any atom is 0.0143 e. The van der Waals surface area contributed by atoms with Gasteiger partial charge in [0, 0.05) is 17.4 Å². The second-order valence-electron chi connectivity index (χ2n) is 2.53. The summed E-state index contributed by atoms with van der Waals surface area (Å²) in [4.78, 5) is 0. The van der Waals surface area contributed by atoms with Crippen LogP contribution in [0.1, 0.15) is 5.56 Å². The van der Waals surface area contributed by atoms with Gasteiger partial charge in [-0.3, -0.25) is 0 Å². The fourth-order valence-corrected chi connectivity index (χ4v) is 3.69. The van der Waals surface area contributed by atoms with Crippen LogP contribution in [0.2, 0.25) is 6.04 Å². The van der Waals surface area contributed by atoms with E-state index in [0.717, 1.165) is 0 Å². The van der Waals surface area contributed by atoms with Gasteiger partial charge in [0.25, 0.3) is 0 Å². The molecule has 60 valence electrons. The summed E-state index contributed by atoms with van der Waals surface area (Å²) in [5, 5.41) is 0. The summed E-state index contributed by atoms with van der Waals surface area (Å²) in [6, 6.07) is 8.13. The lowest BCUT2D eigenvalue weighted by Crippen LogP contribution is -1.86. The first kappa shape index (κ1) is 9.98. The topological polar surface area (TPSA) is 0 Å². The van der Waals surface area contributed by atoms with Crippen LogP contribution >= 0.6 is 45.2 Å². The lowest BCUT2D eigenvalue weighted by Gasteiger charge is -2.00. The minimum Gasteiger partial charge on any atom is -0.0619 e. The number of benzene rings is 1. The van der Waals surface area contributed by atoms with Crippen molar-refractivity contribution < 1.29 is 0 Å². The summed E-state index contributed by atoms with van der Waals surface area (Å²) in [5.41, 5.74) is 1.50. The molecule has 0 saturated carbocycles. The number of halogens is 2. The van der Waals surface area contributed by atoms with Crippen molar-refractivity contribution in [1.82, 2.24) is 0 Å². The molecule has 0 spiro atoms. The molecule has 0 saturated heterocycles. The Morgan fingerprint density at radius 2 is 1.64 bits per heavy atom. The average Bonchev–Trinajstić information content (AvgIpc) is 1.85. The lowest BCUT2D eigenvalue weighted by molar-refractivity contribution is 1.13. The van der Waals surface area contributed by atoms with Crippen LogP contribution < -0.4 is 0 Å². The summed E-state index contributed by atoms with van der Waals surface area (Å²) in [6.07, 6.45) is 1.26. The first-order valence-corrected chi connectivity index (χ1v) is 7.24. The molecule has 0 heterocycles. The smallest absolute Gasteiger partial charge is 0.0143 e. The van der Waals surface area contributed by atoms with E-state index in [4.69, 9.17) is 0 Å². The molecule has 0 radical (unpaired) electrons. The van der Waals surface area contributed by atoms with E-state index in [9.17, 15) is 0 Å². The highest BCUT2D eigenvalue weighted by molar-refractivity contribution is 14.1. The highest BCUT2D eigenvalue weighted by atomic mass is 127.